The first-order chi connectivity index (χ1) is 16.4. The summed E-state index contributed by atoms with van der Waals surface area (Å²) in [4.78, 5) is 51.0. The fourth-order valence-electron chi connectivity index (χ4n) is 2.38. The molecule has 2 aromatic carbocycles. The van der Waals surface area contributed by atoms with Crippen molar-refractivity contribution in [1.29, 1.82) is 0 Å². The highest BCUT2D eigenvalue weighted by Gasteiger charge is 2.30. The lowest BCUT2D eigenvalue weighted by Gasteiger charge is -2.11. The second-order valence-electron chi connectivity index (χ2n) is 6.31. The summed E-state index contributed by atoms with van der Waals surface area (Å²) in [5, 5.41) is 11.4. The van der Waals surface area contributed by atoms with E-state index in [1.54, 1.807) is 49.5 Å². The zero-order valence-corrected chi connectivity index (χ0v) is 20.4. The molecule has 12 heteroatoms. The zero-order chi connectivity index (χ0) is 24.9. The summed E-state index contributed by atoms with van der Waals surface area (Å²) in [6.07, 6.45) is -0.0897. The molecular weight excluding hydrogens is 480 g/mol. The number of hydrogen-bond acceptors (Lipinski definition) is 10. The molecule has 0 aliphatic heterocycles. The lowest BCUT2D eigenvalue weighted by atomic mass is 10.2. The van der Waals surface area contributed by atoms with E-state index in [0.717, 1.165) is 9.79 Å². The number of ether oxygens (including phenoxy) is 2. The van der Waals surface area contributed by atoms with Gasteiger partial charge in [0, 0.05) is 14.7 Å². The van der Waals surface area contributed by atoms with Crippen molar-refractivity contribution in [1.82, 2.24) is 10.6 Å². The Hall–Kier alpha value is -3.38. The lowest BCUT2D eigenvalue weighted by molar-refractivity contribution is -0.130. The summed E-state index contributed by atoms with van der Waals surface area (Å²) in [6, 6.07) is 13.3. The topological polar surface area (TPSA) is 136 Å². The van der Waals surface area contributed by atoms with Crippen LogP contribution in [0, 0.1) is 0 Å². The predicted molar refractivity (Wildman–Crippen MR) is 127 cm³/mol. The molecule has 0 spiro atoms. The third-order valence-corrected chi connectivity index (χ3v) is 5.68. The standard InChI is InChI=1S/C22H24N4O6S2/c1-4-31-21(29)23-19(27)18(20(28)24-22(30)32-5-2)26-25-14-6-8-16(9-7-14)34-17-12-10-15(33-3)11-13-17/h6-13,18H,4-5H2,1-3H3,(H,23,27,29)(H,24,28,30). The van der Waals surface area contributed by atoms with E-state index in [2.05, 4.69) is 19.7 Å². The Morgan fingerprint density at radius 3 is 1.68 bits per heavy atom. The Balaban J connectivity index is 2.11. The highest BCUT2D eigenvalue weighted by molar-refractivity contribution is 7.99. The van der Waals surface area contributed by atoms with E-state index in [4.69, 9.17) is 0 Å². The zero-order valence-electron chi connectivity index (χ0n) is 18.8. The molecule has 0 saturated heterocycles. The molecule has 2 aromatic rings. The molecule has 4 amide bonds. The van der Waals surface area contributed by atoms with E-state index in [0.29, 0.717) is 5.69 Å². The molecule has 0 saturated carbocycles. The fraction of sp³-hybridized carbons (Fsp3) is 0.273. The van der Waals surface area contributed by atoms with Gasteiger partial charge < -0.3 is 9.47 Å². The number of thioether (sulfide) groups is 1. The van der Waals surface area contributed by atoms with Crippen molar-refractivity contribution in [2.45, 2.75) is 34.6 Å². The van der Waals surface area contributed by atoms with E-state index >= 15 is 0 Å². The van der Waals surface area contributed by atoms with Crippen molar-refractivity contribution in [2.75, 3.05) is 19.5 Å². The molecule has 0 atom stereocenters. The van der Waals surface area contributed by atoms with Crippen LogP contribution in [0.5, 0.6) is 0 Å². The summed E-state index contributed by atoms with van der Waals surface area (Å²) in [7, 11) is 0. The van der Waals surface area contributed by atoms with Crippen molar-refractivity contribution in [3.63, 3.8) is 0 Å². The van der Waals surface area contributed by atoms with Crippen LogP contribution in [-0.4, -0.2) is 49.5 Å². The van der Waals surface area contributed by atoms with Crippen molar-refractivity contribution < 1.29 is 28.7 Å². The summed E-state index contributed by atoms with van der Waals surface area (Å²) < 4.78 is 9.26. The first-order valence-electron chi connectivity index (χ1n) is 10.1. The highest BCUT2D eigenvalue weighted by atomic mass is 32.2. The summed E-state index contributed by atoms with van der Waals surface area (Å²) in [5.41, 5.74) is 0.361. The molecule has 0 heterocycles. The van der Waals surface area contributed by atoms with E-state index in [1.807, 2.05) is 53.3 Å². The maximum atomic E-state index is 12.4. The van der Waals surface area contributed by atoms with Gasteiger partial charge >= 0.3 is 12.2 Å². The average molecular weight is 505 g/mol. The molecule has 0 fully saturated rings. The van der Waals surface area contributed by atoms with Crippen LogP contribution in [0.3, 0.4) is 0 Å². The van der Waals surface area contributed by atoms with Gasteiger partial charge in [0.05, 0.1) is 18.9 Å². The Bertz CT molecular complexity index is 997. The number of carbonyl (C=O) groups is 4. The summed E-state index contributed by atoms with van der Waals surface area (Å²) in [5.74, 6) is -2.21. The third kappa shape index (κ3) is 8.87. The quantitative estimate of drug-likeness (QED) is 0.288. The summed E-state index contributed by atoms with van der Waals surface area (Å²) >= 11 is 3.23. The van der Waals surface area contributed by atoms with E-state index in [-0.39, 0.29) is 13.2 Å². The number of rotatable bonds is 9. The van der Waals surface area contributed by atoms with Crippen LogP contribution in [-0.2, 0) is 19.1 Å². The van der Waals surface area contributed by atoms with E-state index < -0.39 is 30.0 Å². The van der Waals surface area contributed by atoms with Crippen LogP contribution in [0.1, 0.15) is 13.8 Å². The molecule has 0 unspecified atom stereocenters. The average Bonchev–Trinajstić information content (AvgIpc) is 2.81. The number of nitrogens with zero attached hydrogens (tertiary/aromatic N) is 2. The Morgan fingerprint density at radius 1 is 0.794 bits per heavy atom. The molecule has 2 rings (SSSR count). The molecule has 10 nitrogen and oxygen atoms in total. The molecule has 0 aliphatic carbocycles. The van der Waals surface area contributed by atoms with Crippen LogP contribution >= 0.6 is 23.5 Å². The number of nitrogens with one attached hydrogen (secondary N) is 2. The van der Waals surface area contributed by atoms with Crippen LogP contribution in [0.4, 0.5) is 15.3 Å². The molecule has 0 aromatic heterocycles. The first-order valence-corrected chi connectivity index (χ1v) is 12.2. The van der Waals surface area contributed by atoms with Gasteiger partial charge in [-0.2, -0.15) is 10.2 Å². The van der Waals surface area contributed by atoms with Gasteiger partial charge in [0.2, 0.25) is 6.04 Å². The molecular formula is C22H24N4O6S2. The van der Waals surface area contributed by atoms with Gasteiger partial charge in [0.15, 0.2) is 0 Å². The van der Waals surface area contributed by atoms with Gasteiger partial charge in [-0.15, -0.1) is 11.8 Å². The second kappa shape index (κ2) is 14.0. The minimum absolute atomic E-state index is 0.0202. The van der Waals surface area contributed by atoms with Gasteiger partial charge in [-0.25, -0.2) is 9.59 Å². The van der Waals surface area contributed by atoms with Crippen molar-refractivity contribution in [3.05, 3.63) is 48.5 Å². The van der Waals surface area contributed by atoms with E-state index in [9.17, 15) is 19.2 Å². The second-order valence-corrected chi connectivity index (χ2v) is 8.34. The minimum atomic E-state index is -1.82. The monoisotopic (exact) mass is 504 g/mol. The van der Waals surface area contributed by atoms with Crippen molar-refractivity contribution in [2.24, 2.45) is 10.2 Å². The smallest absolute Gasteiger partial charge is 0.413 e. The van der Waals surface area contributed by atoms with Gasteiger partial charge in [-0.3, -0.25) is 20.2 Å². The minimum Gasteiger partial charge on any atom is -0.450 e. The molecule has 0 bridgehead atoms. The van der Waals surface area contributed by atoms with Gasteiger partial charge in [-0.05, 0) is 68.6 Å². The van der Waals surface area contributed by atoms with Crippen LogP contribution < -0.4 is 10.6 Å². The third-order valence-electron chi connectivity index (χ3n) is 3.92. The number of amides is 4. The highest BCUT2D eigenvalue weighted by Crippen LogP contribution is 2.30. The maximum Gasteiger partial charge on any atom is 0.413 e. The molecule has 180 valence electrons. The van der Waals surface area contributed by atoms with E-state index in [1.165, 1.54) is 4.90 Å². The summed E-state index contributed by atoms with van der Waals surface area (Å²) in [6.45, 7) is 3.14. The predicted octanol–water partition coefficient (Wildman–Crippen LogP) is 4.56. The van der Waals surface area contributed by atoms with Gasteiger partial charge in [0.1, 0.15) is 0 Å². The number of benzene rings is 2. The van der Waals surface area contributed by atoms with Crippen LogP contribution in [0.15, 0.2) is 73.4 Å². The largest absolute Gasteiger partial charge is 0.450 e. The number of alkyl carbamates (subject to hydrolysis) is 2. The number of imide groups is 2. The fourth-order valence-corrected chi connectivity index (χ4v) is 3.61. The Morgan fingerprint density at radius 2 is 1.24 bits per heavy atom. The molecule has 0 aliphatic rings. The van der Waals surface area contributed by atoms with Gasteiger partial charge in [-0.1, -0.05) is 11.8 Å². The lowest BCUT2D eigenvalue weighted by Crippen LogP contribution is -2.48. The number of azo groups is 1. The van der Waals surface area contributed by atoms with Crippen molar-refractivity contribution >= 4 is 53.2 Å². The SMILES string of the molecule is CCOC(=O)NC(=O)C(N=Nc1ccc(Sc2ccc(SC)cc2)cc1)C(=O)NC(=O)OCC. The molecule has 2 N–H and O–H groups in total. The molecule has 0 radical (unpaired) electrons. The Labute approximate surface area is 205 Å². The first kappa shape index (κ1) is 26.9. The van der Waals surface area contributed by atoms with Crippen LogP contribution in [0.2, 0.25) is 0 Å². The normalized spacial score (nSPS) is 10.7. The number of carbonyl (C=O) groups excluding carboxylic acids is 4. The molecule has 34 heavy (non-hydrogen) atoms. The van der Waals surface area contributed by atoms with Crippen LogP contribution in [0.25, 0.3) is 0 Å². The Kier molecular flexibility index (Phi) is 11.1. The van der Waals surface area contributed by atoms with Crippen molar-refractivity contribution in [3.8, 4) is 0 Å². The van der Waals surface area contributed by atoms with Gasteiger partial charge in [0.25, 0.3) is 11.8 Å². The maximum absolute atomic E-state index is 12.4. The number of hydrogen-bond donors (Lipinski definition) is 2.